The molecule has 1 aromatic heterocycles. The number of hydrogen-bond acceptors (Lipinski definition) is 5. The molecule has 0 N–H and O–H groups in total. The number of amides is 1. The van der Waals surface area contributed by atoms with E-state index >= 15 is 0 Å². The lowest BCUT2D eigenvalue weighted by Gasteiger charge is -2.34. The highest BCUT2D eigenvalue weighted by Gasteiger charge is 2.28. The number of nitriles is 1. The van der Waals surface area contributed by atoms with Crippen molar-refractivity contribution in [1.82, 2.24) is 9.88 Å². The topological polar surface area (TPSA) is 73.4 Å². The molecule has 1 amide bonds. The SMILES string of the molecule is N#Cc1nc(-c2ccccc2Cl)oc1N1CCN(C(=O)c2ccccc2F)CC1. The molecule has 4 rings (SSSR count). The van der Waals surface area contributed by atoms with Gasteiger partial charge in [0, 0.05) is 26.2 Å². The van der Waals surface area contributed by atoms with Gasteiger partial charge in [-0.05, 0) is 24.3 Å². The third-order valence-electron chi connectivity index (χ3n) is 4.78. The van der Waals surface area contributed by atoms with Crippen molar-refractivity contribution < 1.29 is 13.6 Å². The second-order valence-electron chi connectivity index (χ2n) is 6.52. The van der Waals surface area contributed by atoms with Crippen LogP contribution >= 0.6 is 11.6 Å². The Morgan fingerprint density at radius 3 is 2.48 bits per heavy atom. The van der Waals surface area contributed by atoms with E-state index in [1.807, 2.05) is 11.0 Å². The maximum absolute atomic E-state index is 13.9. The van der Waals surface area contributed by atoms with Gasteiger partial charge in [0.05, 0.1) is 16.1 Å². The van der Waals surface area contributed by atoms with Crippen LogP contribution in [0.3, 0.4) is 0 Å². The van der Waals surface area contributed by atoms with E-state index in [0.717, 1.165) is 0 Å². The zero-order valence-corrected chi connectivity index (χ0v) is 16.1. The van der Waals surface area contributed by atoms with Crippen molar-refractivity contribution in [1.29, 1.82) is 5.26 Å². The van der Waals surface area contributed by atoms with Crippen LogP contribution in [0.1, 0.15) is 16.1 Å². The number of piperazine rings is 1. The van der Waals surface area contributed by atoms with Gasteiger partial charge in [0.25, 0.3) is 5.91 Å². The van der Waals surface area contributed by atoms with Crippen LogP contribution in [0.25, 0.3) is 11.5 Å². The first-order chi connectivity index (χ1) is 14.1. The predicted octanol–water partition coefficient (Wildman–Crippen LogP) is 3.97. The molecule has 2 heterocycles. The first kappa shape index (κ1) is 19.0. The molecule has 1 fully saturated rings. The van der Waals surface area contributed by atoms with Gasteiger partial charge in [-0.25, -0.2) is 4.39 Å². The molecule has 1 aliphatic heterocycles. The molecule has 0 saturated carbocycles. The van der Waals surface area contributed by atoms with Gasteiger partial charge in [0.15, 0.2) is 0 Å². The molecule has 6 nitrogen and oxygen atoms in total. The van der Waals surface area contributed by atoms with Gasteiger partial charge in [-0.3, -0.25) is 4.79 Å². The summed E-state index contributed by atoms with van der Waals surface area (Å²) in [6.07, 6.45) is 0. The van der Waals surface area contributed by atoms with E-state index < -0.39 is 5.82 Å². The summed E-state index contributed by atoms with van der Waals surface area (Å²) in [5.74, 6) is -0.267. The molecule has 0 unspecified atom stereocenters. The molecular weight excluding hydrogens is 395 g/mol. The van der Waals surface area contributed by atoms with Crippen LogP contribution in [-0.4, -0.2) is 42.0 Å². The van der Waals surface area contributed by atoms with Gasteiger partial charge in [-0.1, -0.05) is 35.9 Å². The number of carbonyl (C=O) groups is 1. The fourth-order valence-corrected chi connectivity index (χ4v) is 3.48. The van der Waals surface area contributed by atoms with Crippen molar-refractivity contribution >= 4 is 23.4 Å². The number of anilines is 1. The molecule has 1 aliphatic rings. The number of carbonyl (C=O) groups excluding carboxylic acids is 1. The third-order valence-corrected chi connectivity index (χ3v) is 5.11. The molecule has 8 heteroatoms. The van der Waals surface area contributed by atoms with Gasteiger partial charge in [-0.15, -0.1) is 0 Å². The molecule has 2 aromatic carbocycles. The minimum atomic E-state index is -0.536. The van der Waals surface area contributed by atoms with E-state index in [4.69, 9.17) is 16.0 Å². The van der Waals surface area contributed by atoms with Crippen molar-refractivity contribution in [2.24, 2.45) is 0 Å². The van der Waals surface area contributed by atoms with Crippen LogP contribution < -0.4 is 4.90 Å². The summed E-state index contributed by atoms with van der Waals surface area (Å²) < 4.78 is 19.8. The summed E-state index contributed by atoms with van der Waals surface area (Å²) in [4.78, 5) is 20.3. The van der Waals surface area contributed by atoms with Crippen molar-refractivity contribution in [3.63, 3.8) is 0 Å². The normalized spacial score (nSPS) is 14.0. The molecule has 3 aromatic rings. The van der Waals surface area contributed by atoms with Gasteiger partial charge >= 0.3 is 0 Å². The summed E-state index contributed by atoms with van der Waals surface area (Å²) in [6.45, 7) is 1.62. The predicted molar refractivity (Wildman–Crippen MR) is 106 cm³/mol. The number of hydrogen-bond donors (Lipinski definition) is 0. The highest BCUT2D eigenvalue weighted by molar-refractivity contribution is 6.33. The van der Waals surface area contributed by atoms with Gasteiger partial charge < -0.3 is 14.2 Å². The zero-order valence-electron chi connectivity index (χ0n) is 15.3. The van der Waals surface area contributed by atoms with Crippen LogP contribution in [0.5, 0.6) is 0 Å². The van der Waals surface area contributed by atoms with E-state index in [1.54, 1.807) is 35.2 Å². The minimum Gasteiger partial charge on any atom is -0.419 e. The first-order valence-corrected chi connectivity index (χ1v) is 9.41. The van der Waals surface area contributed by atoms with E-state index in [2.05, 4.69) is 11.1 Å². The number of nitrogens with zero attached hydrogens (tertiary/aromatic N) is 4. The number of oxazole rings is 1. The third kappa shape index (κ3) is 3.67. The van der Waals surface area contributed by atoms with Crippen molar-refractivity contribution in [2.45, 2.75) is 0 Å². The summed E-state index contributed by atoms with van der Waals surface area (Å²) in [5, 5.41) is 9.94. The fraction of sp³-hybridized carbons (Fsp3) is 0.190. The smallest absolute Gasteiger partial charge is 0.256 e. The first-order valence-electron chi connectivity index (χ1n) is 9.03. The molecule has 1 saturated heterocycles. The van der Waals surface area contributed by atoms with E-state index in [0.29, 0.717) is 42.6 Å². The Balaban J connectivity index is 1.52. The Morgan fingerprint density at radius 2 is 1.79 bits per heavy atom. The summed E-state index contributed by atoms with van der Waals surface area (Å²) in [6, 6.07) is 15.1. The monoisotopic (exact) mass is 410 g/mol. The molecule has 0 atom stereocenters. The Morgan fingerprint density at radius 1 is 1.10 bits per heavy atom. The Kier molecular flexibility index (Phi) is 5.19. The lowest BCUT2D eigenvalue weighted by atomic mass is 10.1. The minimum absolute atomic E-state index is 0.0549. The molecule has 0 radical (unpaired) electrons. The number of benzene rings is 2. The summed E-state index contributed by atoms with van der Waals surface area (Å²) in [5.41, 5.74) is 0.818. The Hall–Kier alpha value is -3.37. The maximum atomic E-state index is 13.9. The highest BCUT2D eigenvalue weighted by atomic mass is 35.5. The lowest BCUT2D eigenvalue weighted by Crippen LogP contribution is -2.49. The quantitative estimate of drug-likeness (QED) is 0.653. The van der Waals surface area contributed by atoms with Crippen LogP contribution in [-0.2, 0) is 0 Å². The zero-order chi connectivity index (χ0) is 20.4. The van der Waals surface area contributed by atoms with Crippen molar-refractivity contribution in [3.05, 3.63) is 70.6 Å². The highest BCUT2D eigenvalue weighted by Crippen LogP contribution is 2.32. The average Bonchev–Trinajstić information content (AvgIpc) is 3.18. The van der Waals surface area contributed by atoms with Gasteiger partial charge in [0.1, 0.15) is 11.9 Å². The van der Waals surface area contributed by atoms with E-state index in [9.17, 15) is 14.4 Å². The molecule has 0 bridgehead atoms. The van der Waals surface area contributed by atoms with Gasteiger partial charge in [-0.2, -0.15) is 10.2 Å². The molecular formula is C21H16ClFN4O2. The number of aromatic nitrogens is 1. The van der Waals surface area contributed by atoms with Gasteiger partial charge in [0.2, 0.25) is 17.5 Å². The maximum Gasteiger partial charge on any atom is 0.256 e. The second-order valence-corrected chi connectivity index (χ2v) is 6.93. The lowest BCUT2D eigenvalue weighted by molar-refractivity contribution is 0.0740. The second kappa shape index (κ2) is 7.94. The molecule has 0 aliphatic carbocycles. The van der Waals surface area contributed by atoms with Crippen LogP contribution in [0, 0.1) is 17.1 Å². The molecule has 146 valence electrons. The van der Waals surface area contributed by atoms with E-state index in [-0.39, 0.29) is 23.1 Å². The standard InChI is InChI=1S/C21H16ClFN4O2/c22-16-7-3-1-5-14(16)19-25-18(13-24)21(29-19)27-11-9-26(10-12-27)20(28)15-6-2-4-8-17(15)23/h1-8H,9-12H2. The van der Waals surface area contributed by atoms with Crippen LogP contribution in [0.2, 0.25) is 5.02 Å². The van der Waals surface area contributed by atoms with Crippen molar-refractivity contribution in [3.8, 4) is 17.5 Å². The fourth-order valence-electron chi connectivity index (χ4n) is 3.27. The molecule has 0 spiro atoms. The van der Waals surface area contributed by atoms with Crippen LogP contribution in [0.15, 0.2) is 52.9 Å². The average molecular weight is 411 g/mol. The van der Waals surface area contributed by atoms with Crippen LogP contribution in [0.4, 0.5) is 10.3 Å². The Bertz CT molecular complexity index is 1100. The molecule has 29 heavy (non-hydrogen) atoms. The Labute approximate surface area is 171 Å². The van der Waals surface area contributed by atoms with E-state index in [1.165, 1.54) is 12.1 Å². The van der Waals surface area contributed by atoms with Crippen molar-refractivity contribution in [2.75, 3.05) is 31.1 Å². The summed E-state index contributed by atoms with van der Waals surface area (Å²) in [7, 11) is 0. The summed E-state index contributed by atoms with van der Waals surface area (Å²) >= 11 is 6.20. The number of halogens is 2. The largest absolute Gasteiger partial charge is 0.419 e. The number of rotatable bonds is 3.